The van der Waals surface area contributed by atoms with Crippen molar-refractivity contribution in [2.75, 3.05) is 0 Å². The maximum absolute atomic E-state index is 13.7. The fourth-order valence-corrected chi connectivity index (χ4v) is 2.08. The molecule has 0 amide bonds. The van der Waals surface area contributed by atoms with Gasteiger partial charge in [-0.15, -0.1) is 0 Å². The first-order valence-corrected chi connectivity index (χ1v) is 6.72. The summed E-state index contributed by atoms with van der Waals surface area (Å²) < 4.78 is 23.8. The summed E-state index contributed by atoms with van der Waals surface area (Å²) in [6, 6.07) is 11.9. The van der Waals surface area contributed by atoms with Crippen molar-refractivity contribution in [1.29, 1.82) is 0 Å². The van der Waals surface area contributed by atoms with Crippen LogP contribution in [0.15, 0.2) is 54.1 Å². The lowest BCUT2D eigenvalue weighted by molar-refractivity contribution is -0.195. The van der Waals surface area contributed by atoms with Crippen LogP contribution >= 0.6 is 0 Å². The van der Waals surface area contributed by atoms with E-state index in [4.69, 9.17) is 14.6 Å². The zero-order valence-electron chi connectivity index (χ0n) is 11.7. The van der Waals surface area contributed by atoms with E-state index in [9.17, 15) is 14.0 Å². The Morgan fingerprint density at radius 3 is 2.26 bits per heavy atom. The molecule has 1 saturated heterocycles. The molecule has 0 atom stereocenters. The third-order valence-electron chi connectivity index (χ3n) is 3.22. The minimum atomic E-state index is -1.13. The van der Waals surface area contributed by atoms with Crippen LogP contribution in [-0.4, -0.2) is 17.0 Å². The van der Waals surface area contributed by atoms with E-state index >= 15 is 0 Å². The Hall–Kier alpha value is -3.15. The topological polar surface area (TPSA) is 72.8 Å². The molecular formula is C17H11FO5. The number of rotatable bonds is 2. The summed E-state index contributed by atoms with van der Waals surface area (Å²) in [5, 5.41) is 9.16. The highest BCUT2D eigenvalue weighted by Crippen LogP contribution is 2.28. The van der Waals surface area contributed by atoms with E-state index in [0.29, 0.717) is 5.56 Å². The summed E-state index contributed by atoms with van der Waals surface area (Å²) >= 11 is 0. The van der Waals surface area contributed by atoms with Crippen LogP contribution in [0.5, 0.6) is 5.75 Å². The van der Waals surface area contributed by atoms with Crippen molar-refractivity contribution in [2.45, 2.75) is 6.29 Å². The summed E-state index contributed by atoms with van der Waals surface area (Å²) in [6.45, 7) is 0. The monoisotopic (exact) mass is 314 g/mol. The molecular weight excluding hydrogens is 303 g/mol. The summed E-state index contributed by atoms with van der Waals surface area (Å²) in [6.07, 6.45) is -0.0984. The second-order valence-electron chi connectivity index (χ2n) is 4.82. The van der Waals surface area contributed by atoms with Gasteiger partial charge in [-0.05, 0) is 18.2 Å². The van der Waals surface area contributed by atoms with Crippen molar-refractivity contribution < 1.29 is 28.6 Å². The molecule has 5 nitrogen and oxygen atoms in total. The van der Waals surface area contributed by atoms with E-state index < -0.39 is 29.6 Å². The second-order valence-corrected chi connectivity index (χ2v) is 4.82. The molecule has 0 radical (unpaired) electrons. The fourth-order valence-electron chi connectivity index (χ4n) is 2.08. The molecule has 116 valence electrons. The average molecular weight is 314 g/mol. The van der Waals surface area contributed by atoms with E-state index in [-0.39, 0.29) is 11.3 Å². The zero-order valence-corrected chi connectivity index (χ0v) is 11.7. The molecule has 3 rings (SSSR count). The Bertz CT molecular complexity index is 778. The van der Waals surface area contributed by atoms with Crippen LogP contribution < -0.4 is 0 Å². The number of carbonyl (C=O) groups is 2. The third-order valence-corrected chi connectivity index (χ3v) is 3.22. The van der Waals surface area contributed by atoms with Gasteiger partial charge in [-0.25, -0.2) is 14.0 Å². The molecule has 0 aliphatic carbocycles. The number of esters is 2. The first kappa shape index (κ1) is 14.8. The minimum absolute atomic E-state index is 0.0372. The Morgan fingerprint density at radius 1 is 1.00 bits per heavy atom. The van der Waals surface area contributed by atoms with Gasteiger partial charge < -0.3 is 14.6 Å². The van der Waals surface area contributed by atoms with Crippen LogP contribution in [0, 0.1) is 5.82 Å². The van der Waals surface area contributed by atoms with Gasteiger partial charge in [-0.3, -0.25) is 0 Å². The number of hydrogen-bond donors (Lipinski definition) is 1. The maximum Gasteiger partial charge on any atom is 0.348 e. The number of aromatic hydroxyl groups is 1. The third kappa shape index (κ3) is 3.06. The molecule has 23 heavy (non-hydrogen) atoms. The molecule has 1 N–H and O–H groups in total. The predicted octanol–water partition coefficient (Wildman–Crippen LogP) is 2.71. The highest BCUT2D eigenvalue weighted by atomic mass is 19.1. The van der Waals surface area contributed by atoms with Crippen molar-refractivity contribution in [2.24, 2.45) is 0 Å². The number of phenolic OH excluding ortho intramolecular Hbond substituents is 1. The quantitative estimate of drug-likeness (QED) is 0.524. The molecule has 2 aromatic rings. The number of carbonyl (C=O) groups excluding carboxylic acids is 2. The number of cyclic esters (lactones) is 2. The van der Waals surface area contributed by atoms with Gasteiger partial charge in [0.05, 0.1) is 0 Å². The highest BCUT2D eigenvalue weighted by molar-refractivity contribution is 6.18. The first-order valence-electron chi connectivity index (χ1n) is 6.72. The smallest absolute Gasteiger partial charge is 0.348 e. The van der Waals surface area contributed by atoms with Crippen molar-refractivity contribution in [3.8, 4) is 5.75 Å². The van der Waals surface area contributed by atoms with Crippen molar-refractivity contribution in [1.82, 2.24) is 0 Å². The SMILES string of the molecule is O=C1OC(c2ccccc2)OC(=O)C1=Cc1ccc(O)cc1F. The first-order chi connectivity index (χ1) is 11.0. The normalized spacial score (nSPS) is 17.4. The number of halogens is 1. The molecule has 0 spiro atoms. The molecule has 2 aromatic carbocycles. The van der Waals surface area contributed by atoms with Gasteiger partial charge in [0, 0.05) is 17.2 Å². The number of phenols is 1. The Morgan fingerprint density at radius 2 is 1.65 bits per heavy atom. The Kier molecular flexibility index (Phi) is 3.80. The summed E-state index contributed by atoms with van der Waals surface area (Å²) in [5.74, 6) is -2.84. The molecule has 0 saturated carbocycles. The lowest BCUT2D eigenvalue weighted by Crippen LogP contribution is -2.29. The van der Waals surface area contributed by atoms with Crippen LogP contribution in [0.4, 0.5) is 4.39 Å². The van der Waals surface area contributed by atoms with Crippen LogP contribution in [-0.2, 0) is 19.1 Å². The molecule has 0 unspecified atom stereocenters. The lowest BCUT2D eigenvalue weighted by Gasteiger charge is -2.23. The summed E-state index contributed by atoms with van der Waals surface area (Å²) in [4.78, 5) is 24.0. The Balaban J connectivity index is 1.87. The highest BCUT2D eigenvalue weighted by Gasteiger charge is 2.34. The lowest BCUT2D eigenvalue weighted by atomic mass is 10.1. The standard InChI is InChI=1S/C17H11FO5/c18-14-9-12(19)7-6-11(14)8-13-15(20)22-17(23-16(13)21)10-4-2-1-3-5-10/h1-9,17,19H. The molecule has 1 aliphatic heterocycles. The van der Waals surface area contributed by atoms with E-state index in [1.165, 1.54) is 12.1 Å². The molecule has 6 heteroatoms. The largest absolute Gasteiger partial charge is 0.508 e. The fraction of sp³-hybridized carbons (Fsp3) is 0.0588. The molecule has 0 bridgehead atoms. The van der Waals surface area contributed by atoms with E-state index in [1.54, 1.807) is 30.3 Å². The maximum atomic E-state index is 13.7. The summed E-state index contributed by atoms with van der Waals surface area (Å²) in [7, 11) is 0. The van der Waals surface area contributed by atoms with Crippen molar-refractivity contribution in [3.05, 3.63) is 71.0 Å². The van der Waals surface area contributed by atoms with E-state index in [2.05, 4.69) is 0 Å². The van der Waals surface area contributed by atoms with Gasteiger partial charge in [0.25, 0.3) is 6.29 Å². The Labute approximate surface area is 130 Å². The number of ether oxygens (including phenoxy) is 2. The second kappa shape index (κ2) is 5.92. The van der Waals surface area contributed by atoms with Gasteiger partial charge in [-0.2, -0.15) is 0 Å². The van der Waals surface area contributed by atoms with Crippen LogP contribution in [0.25, 0.3) is 6.08 Å². The number of hydrogen-bond acceptors (Lipinski definition) is 5. The molecule has 1 aliphatic rings. The average Bonchev–Trinajstić information content (AvgIpc) is 2.53. The molecule has 1 fully saturated rings. The van der Waals surface area contributed by atoms with E-state index in [0.717, 1.165) is 12.1 Å². The van der Waals surface area contributed by atoms with Crippen molar-refractivity contribution >= 4 is 18.0 Å². The van der Waals surface area contributed by atoms with Gasteiger partial charge in [0.1, 0.15) is 17.1 Å². The van der Waals surface area contributed by atoms with Crippen LogP contribution in [0.2, 0.25) is 0 Å². The van der Waals surface area contributed by atoms with E-state index in [1.807, 2.05) is 0 Å². The van der Waals surface area contributed by atoms with Gasteiger partial charge >= 0.3 is 11.9 Å². The molecule has 0 aromatic heterocycles. The summed E-state index contributed by atoms with van der Waals surface area (Å²) in [5.41, 5.74) is 0.0655. The van der Waals surface area contributed by atoms with Crippen molar-refractivity contribution in [3.63, 3.8) is 0 Å². The van der Waals surface area contributed by atoms with Crippen LogP contribution in [0.3, 0.4) is 0 Å². The van der Waals surface area contributed by atoms with Crippen LogP contribution in [0.1, 0.15) is 17.4 Å². The molecule has 1 heterocycles. The number of benzene rings is 2. The zero-order chi connectivity index (χ0) is 16.4. The van der Waals surface area contributed by atoms with Gasteiger partial charge in [0.15, 0.2) is 0 Å². The van der Waals surface area contributed by atoms with Gasteiger partial charge in [0.2, 0.25) is 0 Å². The van der Waals surface area contributed by atoms with Gasteiger partial charge in [-0.1, -0.05) is 30.3 Å². The minimum Gasteiger partial charge on any atom is -0.508 e. The predicted molar refractivity (Wildman–Crippen MR) is 77.4 cm³/mol.